The van der Waals surface area contributed by atoms with Crippen molar-refractivity contribution in [2.45, 2.75) is 70.5 Å². The van der Waals surface area contributed by atoms with E-state index in [0.29, 0.717) is 24.7 Å². The molecule has 2 saturated heterocycles. The molecule has 2 atom stereocenters. The van der Waals surface area contributed by atoms with Crippen molar-refractivity contribution in [3.8, 4) is 0 Å². The fourth-order valence-corrected chi connectivity index (χ4v) is 3.68. The van der Waals surface area contributed by atoms with Crippen LogP contribution in [0.2, 0.25) is 0 Å². The van der Waals surface area contributed by atoms with Gasteiger partial charge >= 0.3 is 0 Å². The van der Waals surface area contributed by atoms with Gasteiger partial charge in [0.2, 0.25) is 5.91 Å². The molecule has 0 saturated carbocycles. The summed E-state index contributed by atoms with van der Waals surface area (Å²) in [4.78, 5) is 14.4. The van der Waals surface area contributed by atoms with Crippen LogP contribution in [-0.4, -0.2) is 48.6 Å². The molecule has 2 bridgehead atoms. The maximum absolute atomic E-state index is 11.9. The van der Waals surface area contributed by atoms with Crippen LogP contribution in [0.5, 0.6) is 0 Å². The maximum Gasteiger partial charge on any atom is 0.234 e. The average molecular weight is 267 g/mol. The molecule has 19 heavy (non-hydrogen) atoms. The second-order valence-corrected chi connectivity index (χ2v) is 5.99. The van der Waals surface area contributed by atoms with Gasteiger partial charge in [0.25, 0.3) is 0 Å². The quantitative estimate of drug-likeness (QED) is 0.767. The highest BCUT2D eigenvalue weighted by Gasteiger charge is 2.38. The highest BCUT2D eigenvalue weighted by molar-refractivity contribution is 5.78. The Morgan fingerprint density at radius 3 is 2.47 bits per heavy atom. The van der Waals surface area contributed by atoms with E-state index in [0.717, 1.165) is 19.5 Å². The van der Waals surface area contributed by atoms with Gasteiger partial charge in [0.05, 0.1) is 6.54 Å². The third-order valence-electron chi connectivity index (χ3n) is 4.52. The first-order valence-electron chi connectivity index (χ1n) is 8.00. The van der Waals surface area contributed by atoms with Crippen LogP contribution in [0.4, 0.5) is 0 Å². The molecule has 0 aromatic rings. The summed E-state index contributed by atoms with van der Waals surface area (Å²) in [7, 11) is 0. The van der Waals surface area contributed by atoms with Gasteiger partial charge in [-0.05, 0) is 38.6 Å². The van der Waals surface area contributed by atoms with Gasteiger partial charge in [-0.1, -0.05) is 20.3 Å². The lowest BCUT2D eigenvalue weighted by atomic mass is 9.81. The molecule has 110 valence electrons. The van der Waals surface area contributed by atoms with Gasteiger partial charge in [-0.15, -0.1) is 0 Å². The molecule has 0 radical (unpaired) electrons. The smallest absolute Gasteiger partial charge is 0.234 e. The van der Waals surface area contributed by atoms with E-state index >= 15 is 0 Å². The lowest BCUT2D eigenvalue weighted by Crippen LogP contribution is -2.58. The first kappa shape index (κ1) is 14.8. The molecular weight excluding hydrogens is 238 g/mol. The molecule has 2 rings (SSSR count). The van der Waals surface area contributed by atoms with Crippen molar-refractivity contribution in [1.29, 1.82) is 0 Å². The summed E-state index contributed by atoms with van der Waals surface area (Å²) >= 11 is 0. The number of amides is 1. The van der Waals surface area contributed by atoms with Gasteiger partial charge in [-0.2, -0.15) is 0 Å². The monoisotopic (exact) mass is 267 g/mol. The Morgan fingerprint density at radius 2 is 1.89 bits per heavy atom. The molecule has 2 N–H and O–H groups in total. The van der Waals surface area contributed by atoms with E-state index in [-0.39, 0.29) is 5.91 Å². The molecule has 4 nitrogen and oxygen atoms in total. The summed E-state index contributed by atoms with van der Waals surface area (Å²) in [6.07, 6.45) is 7.30. The van der Waals surface area contributed by atoms with Gasteiger partial charge in [-0.3, -0.25) is 9.69 Å². The molecule has 2 aliphatic rings. The number of carbonyl (C=O) groups excluding carboxylic acids is 1. The Kier molecular flexibility index (Phi) is 5.64. The second kappa shape index (κ2) is 7.25. The number of rotatable bonds is 6. The first-order valence-corrected chi connectivity index (χ1v) is 8.00. The molecule has 0 spiro atoms. The van der Waals surface area contributed by atoms with Gasteiger partial charge < -0.3 is 10.6 Å². The maximum atomic E-state index is 11.9. The number of carbonyl (C=O) groups is 1. The van der Waals surface area contributed by atoms with Crippen LogP contribution in [0, 0.1) is 0 Å². The molecule has 2 unspecified atom stereocenters. The van der Waals surface area contributed by atoms with Crippen molar-refractivity contribution in [2.24, 2.45) is 0 Å². The summed E-state index contributed by atoms with van der Waals surface area (Å²) in [5.74, 6) is 0.209. The van der Waals surface area contributed by atoms with E-state index in [1.54, 1.807) is 0 Å². The Balaban J connectivity index is 1.88. The van der Waals surface area contributed by atoms with E-state index in [1.165, 1.54) is 32.1 Å². The topological polar surface area (TPSA) is 44.4 Å². The normalized spacial score (nSPS) is 31.2. The summed E-state index contributed by atoms with van der Waals surface area (Å²) in [6, 6.07) is 1.89. The van der Waals surface area contributed by atoms with Crippen LogP contribution in [0.15, 0.2) is 0 Å². The lowest BCUT2D eigenvalue weighted by Gasteiger charge is -2.48. The third-order valence-corrected chi connectivity index (χ3v) is 4.52. The Bertz CT molecular complexity index is 281. The fourth-order valence-electron chi connectivity index (χ4n) is 3.68. The van der Waals surface area contributed by atoms with Crippen molar-refractivity contribution >= 4 is 5.91 Å². The van der Waals surface area contributed by atoms with E-state index in [1.807, 2.05) is 0 Å². The highest BCUT2D eigenvalue weighted by Crippen LogP contribution is 2.33. The average Bonchev–Trinajstić information content (AvgIpc) is 2.37. The Labute approximate surface area is 117 Å². The SMILES string of the molecule is CCCNC(=O)CN1C2CCCC1CC(NCC)C2. The number of nitrogens with zero attached hydrogens (tertiary/aromatic N) is 1. The lowest BCUT2D eigenvalue weighted by molar-refractivity contribution is -0.125. The Morgan fingerprint density at radius 1 is 1.21 bits per heavy atom. The number of hydrogen-bond acceptors (Lipinski definition) is 3. The zero-order valence-corrected chi connectivity index (χ0v) is 12.5. The second-order valence-electron chi connectivity index (χ2n) is 5.99. The summed E-state index contributed by atoms with van der Waals surface area (Å²) in [5.41, 5.74) is 0. The first-order chi connectivity index (χ1) is 9.24. The van der Waals surface area contributed by atoms with Crippen molar-refractivity contribution in [3.05, 3.63) is 0 Å². The highest BCUT2D eigenvalue weighted by atomic mass is 16.2. The molecule has 0 aromatic heterocycles. The predicted octanol–water partition coefficient (Wildman–Crippen LogP) is 1.51. The summed E-state index contributed by atoms with van der Waals surface area (Å²) in [6.45, 7) is 6.74. The minimum atomic E-state index is 0.209. The van der Waals surface area contributed by atoms with Crippen LogP contribution in [0.3, 0.4) is 0 Å². The predicted molar refractivity (Wildman–Crippen MR) is 78.1 cm³/mol. The van der Waals surface area contributed by atoms with Gasteiger partial charge in [0, 0.05) is 24.7 Å². The van der Waals surface area contributed by atoms with Crippen LogP contribution < -0.4 is 10.6 Å². The molecular formula is C15H29N3O. The van der Waals surface area contributed by atoms with Crippen molar-refractivity contribution < 1.29 is 4.79 Å². The molecule has 2 fully saturated rings. The van der Waals surface area contributed by atoms with Crippen LogP contribution in [-0.2, 0) is 4.79 Å². The van der Waals surface area contributed by atoms with Gasteiger partial charge in [0.15, 0.2) is 0 Å². The number of fused-ring (bicyclic) bond motifs is 2. The number of nitrogens with one attached hydrogen (secondary N) is 2. The largest absolute Gasteiger partial charge is 0.355 e. The van der Waals surface area contributed by atoms with Crippen LogP contribution in [0.25, 0.3) is 0 Å². The van der Waals surface area contributed by atoms with Crippen LogP contribution in [0.1, 0.15) is 52.4 Å². The van der Waals surface area contributed by atoms with Gasteiger partial charge in [-0.25, -0.2) is 0 Å². The summed E-state index contributed by atoms with van der Waals surface area (Å²) in [5, 5.41) is 6.60. The van der Waals surface area contributed by atoms with E-state index in [9.17, 15) is 4.79 Å². The third kappa shape index (κ3) is 3.93. The van der Waals surface area contributed by atoms with Crippen molar-refractivity contribution in [3.63, 3.8) is 0 Å². The molecule has 4 heteroatoms. The van der Waals surface area contributed by atoms with E-state index in [4.69, 9.17) is 0 Å². The number of hydrogen-bond donors (Lipinski definition) is 2. The zero-order valence-electron chi connectivity index (χ0n) is 12.5. The molecule has 0 aliphatic carbocycles. The standard InChI is InChI=1S/C15H29N3O/c1-3-8-17-15(19)11-18-13-6-5-7-14(18)10-12(9-13)16-4-2/h12-14,16H,3-11H2,1-2H3,(H,17,19). The van der Waals surface area contributed by atoms with E-state index < -0.39 is 0 Å². The van der Waals surface area contributed by atoms with Crippen LogP contribution >= 0.6 is 0 Å². The molecule has 1 amide bonds. The minimum Gasteiger partial charge on any atom is -0.355 e. The number of piperidine rings is 2. The summed E-state index contributed by atoms with van der Waals surface area (Å²) < 4.78 is 0. The molecule has 2 heterocycles. The minimum absolute atomic E-state index is 0.209. The Hall–Kier alpha value is -0.610. The fraction of sp³-hybridized carbons (Fsp3) is 0.933. The van der Waals surface area contributed by atoms with Crippen molar-refractivity contribution in [2.75, 3.05) is 19.6 Å². The van der Waals surface area contributed by atoms with E-state index in [2.05, 4.69) is 29.4 Å². The van der Waals surface area contributed by atoms with Crippen molar-refractivity contribution in [1.82, 2.24) is 15.5 Å². The molecule has 0 aromatic carbocycles. The molecule has 2 aliphatic heterocycles. The van der Waals surface area contributed by atoms with Gasteiger partial charge in [0.1, 0.15) is 0 Å². The zero-order chi connectivity index (χ0) is 13.7.